The summed E-state index contributed by atoms with van der Waals surface area (Å²) in [6.07, 6.45) is 2.20. The van der Waals surface area contributed by atoms with Gasteiger partial charge in [0.1, 0.15) is 0 Å². The third kappa shape index (κ3) is 3.91. The predicted octanol–water partition coefficient (Wildman–Crippen LogP) is 5.01. The Hall–Kier alpha value is -1.98. The second-order valence-corrected chi connectivity index (χ2v) is 8.15. The van der Waals surface area contributed by atoms with Gasteiger partial charge in [0.15, 0.2) is 17.3 Å². The van der Waals surface area contributed by atoms with Gasteiger partial charge >= 0.3 is 0 Å². The minimum Gasteiger partial charge on any atom is -0.493 e. The third-order valence-corrected chi connectivity index (χ3v) is 6.77. The molecule has 150 valence electrons. The van der Waals surface area contributed by atoms with Gasteiger partial charge in [0.2, 0.25) is 0 Å². The largest absolute Gasteiger partial charge is 0.493 e. The molecule has 0 saturated carbocycles. The number of thioether (sulfide) groups is 1. The van der Waals surface area contributed by atoms with Crippen LogP contribution in [0.15, 0.2) is 47.4 Å². The molecule has 1 aliphatic heterocycles. The highest BCUT2D eigenvalue weighted by molar-refractivity contribution is 7.99. The minimum absolute atomic E-state index is 0.0910. The quantitative estimate of drug-likeness (QED) is 0.709. The van der Waals surface area contributed by atoms with Crippen molar-refractivity contribution >= 4 is 17.5 Å². The summed E-state index contributed by atoms with van der Waals surface area (Å²) in [5, 5.41) is 3.76. The molecule has 2 aromatic rings. The summed E-state index contributed by atoms with van der Waals surface area (Å²) in [5.41, 5.74) is 1.70. The fourth-order valence-corrected chi connectivity index (χ4v) is 5.14. The van der Waals surface area contributed by atoms with Crippen molar-refractivity contribution < 1.29 is 14.3 Å². The maximum absolute atomic E-state index is 13.2. The van der Waals surface area contributed by atoms with Gasteiger partial charge in [0.25, 0.3) is 0 Å². The number of benzene rings is 2. The lowest BCUT2D eigenvalue weighted by atomic mass is 9.87. The van der Waals surface area contributed by atoms with E-state index in [-0.39, 0.29) is 11.8 Å². The second-order valence-electron chi connectivity index (χ2n) is 7.13. The first-order chi connectivity index (χ1) is 13.6. The van der Waals surface area contributed by atoms with E-state index in [4.69, 9.17) is 9.47 Å². The molecule has 0 aliphatic carbocycles. The van der Waals surface area contributed by atoms with Gasteiger partial charge in [-0.1, -0.05) is 44.2 Å². The van der Waals surface area contributed by atoms with Gasteiger partial charge in [-0.25, -0.2) is 0 Å². The van der Waals surface area contributed by atoms with E-state index in [1.807, 2.05) is 30.3 Å². The van der Waals surface area contributed by atoms with Crippen LogP contribution < -0.4 is 14.8 Å². The molecule has 1 N–H and O–H groups in total. The third-order valence-electron chi connectivity index (χ3n) is 5.47. The first-order valence-electron chi connectivity index (χ1n) is 9.83. The highest BCUT2D eigenvalue weighted by Crippen LogP contribution is 2.44. The maximum Gasteiger partial charge on any atom is 0.161 e. The van der Waals surface area contributed by atoms with Gasteiger partial charge in [-0.2, -0.15) is 0 Å². The van der Waals surface area contributed by atoms with Crippen LogP contribution in [0, 0.1) is 0 Å². The van der Waals surface area contributed by atoms with Crippen molar-refractivity contribution in [3.05, 3.63) is 53.6 Å². The van der Waals surface area contributed by atoms with E-state index in [2.05, 4.69) is 31.3 Å². The van der Waals surface area contributed by atoms with Crippen LogP contribution in [0.25, 0.3) is 0 Å². The summed E-state index contributed by atoms with van der Waals surface area (Å²) in [7, 11) is 3.31. The standard InChI is InChI=1S/C23H29NO3S/c1-5-10-21(25)23(6-2)15-28-20-14-19(27-4)18(26-3)13-17(20)22(24-23)16-11-8-7-9-12-16/h7-9,11-14,22,24H,5-6,10,15H2,1-4H3. The Morgan fingerprint density at radius 2 is 1.82 bits per heavy atom. The molecule has 1 aliphatic rings. The Kier molecular flexibility index (Phi) is 6.68. The summed E-state index contributed by atoms with van der Waals surface area (Å²) in [5.74, 6) is 2.41. The Morgan fingerprint density at radius 3 is 2.43 bits per heavy atom. The molecule has 0 spiro atoms. The van der Waals surface area contributed by atoms with E-state index < -0.39 is 5.54 Å². The monoisotopic (exact) mass is 399 g/mol. The van der Waals surface area contributed by atoms with E-state index in [1.54, 1.807) is 26.0 Å². The summed E-state index contributed by atoms with van der Waals surface area (Å²) in [6, 6.07) is 14.3. The summed E-state index contributed by atoms with van der Waals surface area (Å²) < 4.78 is 11.1. The van der Waals surface area contributed by atoms with E-state index in [0.29, 0.717) is 23.7 Å². The minimum atomic E-state index is -0.555. The molecule has 5 heteroatoms. The average molecular weight is 400 g/mol. The van der Waals surface area contributed by atoms with Gasteiger partial charge < -0.3 is 9.47 Å². The lowest BCUT2D eigenvalue weighted by Crippen LogP contribution is -2.54. The summed E-state index contributed by atoms with van der Waals surface area (Å²) >= 11 is 1.72. The van der Waals surface area contributed by atoms with Crippen LogP contribution in [-0.4, -0.2) is 31.3 Å². The Labute approximate surface area is 172 Å². The van der Waals surface area contributed by atoms with Gasteiger partial charge in [0, 0.05) is 17.1 Å². The normalized spacial score (nSPS) is 21.5. The highest BCUT2D eigenvalue weighted by atomic mass is 32.2. The smallest absolute Gasteiger partial charge is 0.161 e. The number of Topliss-reactive ketones (excluding diaryl/α,β-unsaturated/α-hetero) is 1. The molecule has 0 fully saturated rings. The lowest BCUT2D eigenvalue weighted by molar-refractivity contribution is -0.125. The van der Waals surface area contributed by atoms with Crippen molar-refractivity contribution in [1.82, 2.24) is 5.32 Å². The number of fused-ring (bicyclic) bond motifs is 1. The molecule has 0 radical (unpaired) electrons. The fraction of sp³-hybridized carbons (Fsp3) is 0.435. The highest BCUT2D eigenvalue weighted by Gasteiger charge is 2.41. The first kappa shape index (κ1) is 20.7. The van der Waals surface area contributed by atoms with E-state index in [0.717, 1.165) is 28.9 Å². The van der Waals surface area contributed by atoms with Crippen molar-refractivity contribution in [3.8, 4) is 11.5 Å². The zero-order chi connectivity index (χ0) is 20.1. The first-order valence-corrected chi connectivity index (χ1v) is 10.8. The van der Waals surface area contributed by atoms with Crippen molar-refractivity contribution in [1.29, 1.82) is 0 Å². The van der Waals surface area contributed by atoms with Crippen LogP contribution in [-0.2, 0) is 4.79 Å². The SMILES string of the molecule is CCCC(=O)C1(CC)CSc2cc(OC)c(OC)cc2C(c2ccccc2)N1. The van der Waals surface area contributed by atoms with Crippen LogP contribution in [0.4, 0.5) is 0 Å². The molecule has 28 heavy (non-hydrogen) atoms. The molecule has 1 heterocycles. The van der Waals surface area contributed by atoms with Gasteiger partial charge in [-0.05, 0) is 36.1 Å². The Morgan fingerprint density at radius 1 is 1.14 bits per heavy atom. The van der Waals surface area contributed by atoms with Crippen molar-refractivity contribution in [2.75, 3.05) is 20.0 Å². The number of ether oxygens (including phenoxy) is 2. The molecule has 0 aromatic heterocycles. The molecule has 3 rings (SSSR count). The molecule has 0 saturated heterocycles. The van der Waals surface area contributed by atoms with E-state index in [1.165, 1.54) is 0 Å². The summed E-state index contributed by atoms with van der Waals surface area (Å²) in [6.45, 7) is 4.16. The van der Waals surface area contributed by atoms with Crippen LogP contribution in [0.5, 0.6) is 11.5 Å². The molecule has 4 nitrogen and oxygen atoms in total. The van der Waals surface area contributed by atoms with Crippen LogP contribution in [0.2, 0.25) is 0 Å². The number of carbonyl (C=O) groups excluding carboxylic acids is 1. The van der Waals surface area contributed by atoms with Crippen molar-refractivity contribution in [2.24, 2.45) is 0 Å². The van der Waals surface area contributed by atoms with Crippen molar-refractivity contribution in [2.45, 2.75) is 49.6 Å². The van der Waals surface area contributed by atoms with Gasteiger partial charge in [-0.15, -0.1) is 11.8 Å². The fourth-order valence-electron chi connectivity index (χ4n) is 3.76. The predicted molar refractivity (Wildman–Crippen MR) is 115 cm³/mol. The molecule has 0 bridgehead atoms. The number of nitrogens with one attached hydrogen (secondary N) is 1. The number of carbonyl (C=O) groups is 1. The maximum atomic E-state index is 13.2. The number of hydrogen-bond donors (Lipinski definition) is 1. The van der Waals surface area contributed by atoms with Gasteiger partial charge in [-0.3, -0.25) is 10.1 Å². The molecular weight excluding hydrogens is 370 g/mol. The van der Waals surface area contributed by atoms with E-state index >= 15 is 0 Å². The second kappa shape index (κ2) is 9.01. The zero-order valence-corrected chi connectivity index (χ0v) is 17.9. The van der Waals surface area contributed by atoms with Crippen molar-refractivity contribution in [3.63, 3.8) is 0 Å². The average Bonchev–Trinajstić information content (AvgIpc) is 2.91. The zero-order valence-electron chi connectivity index (χ0n) is 17.1. The van der Waals surface area contributed by atoms with E-state index in [9.17, 15) is 4.79 Å². The summed E-state index contributed by atoms with van der Waals surface area (Å²) in [4.78, 5) is 14.3. The number of ketones is 1. The number of rotatable bonds is 7. The molecule has 2 unspecified atom stereocenters. The Balaban J connectivity index is 2.15. The molecule has 2 aromatic carbocycles. The van der Waals surface area contributed by atoms with Crippen LogP contribution in [0.1, 0.15) is 50.3 Å². The van der Waals surface area contributed by atoms with Crippen LogP contribution in [0.3, 0.4) is 0 Å². The Bertz CT molecular complexity index is 824. The van der Waals surface area contributed by atoms with Crippen LogP contribution >= 0.6 is 11.8 Å². The lowest BCUT2D eigenvalue weighted by Gasteiger charge is -2.34. The van der Waals surface area contributed by atoms with Gasteiger partial charge in [0.05, 0.1) is 25.8 Å². The molecule has 0 amide bonds. The molecular formula is C23H29NO3S. The topological polar surface area (TPSA) is 47.6 Å². The number of methoxy groups -OCH3 is 2. The number of hydrogen-bond acceptors (Lipinski definition) is 5. The molecule has 2 atom stereocenters.